The van der Waals surface area contributed by atoms with Crippen LogP contribution in [0.2, 0.25) is 0 Å². The summed E-state index contributed by atoms with van der Waals surface area (Å²) < 4.78 is 2.33. The van der Waals surface area contributed by atoms with Gasteiger partial charge >= 0.3 is 5.97 Å². The van der Waals surface area contributed by atoms with E-state index < -0.39 is 5.97 Å². The third kappa shape index (κ3) is 4.54. The smallest absolute Gasteiger partial charge is 0.335 e. The summed E-state index contributed by atoms with van der Waals surface area (Å²) in [5.41, 5.74) is 6.34. The van der Waals surface area contributed by atoms with Crippen molar-refractivity contribution in [3.63, 3.8) is 0 Å². The summed E-state index contributed by atoms with van der Waals surface area (Å²) in [7, 11) is 0. The number of fused-ring (bicyclic) bond motifs is 5. The highest BCUT2D eigenvalue weighted by molar-refractivity contribution is 5.99. The number of likely N-dealkylation sites (tertiary alicyclic amines) is 2. The van der Waals surface area contributed by atoms with E-state index in [2.05, 4.69) is 38.6 Å². The topological polar surface area (TPSA) is 65.8 Å². The molecule has 3 aliphatic heterocycles. The van der Waals surface area contributed by atoms with Gasteiger partial charge in [0.1, 0.15) is 0 Å². The Morgan fingerprint density at radius 3 is 2.33 bits per heavy atom. The van der Waals surface area contributed by atoms with Gasteiger partial charge in [0.15, 0.2) is 0 Å². The number of hydrogen-bond donors (Lipinski definition) is 1. The van der Waals surface area contributed by atoms with Gasteiger partial charge < -0.3 is 19.5 Å². The molecule has 6 heteroatoms. The Labute approximate surface area is 237 Å². The molecule has 1 atom stereocenters. The first-order chi connectivity index (χ1) is 19.6. The van der Waals surface area contributed by atoms with E-state index in [9.17, 15) is 14.7 Å². The third-order valence-corrected chi connectivity index (χ3v) is 10.3. The molecule has 3 fully saturated rings. The van der Waals surface area contributed by atoms with Crippen LogP contribution in [-0.2, 0) is 17.8 Å². The number of hydrogen-bond acceptors (Lipinski definition) is 3. The van der Waals surface area contributed by atoms with Crippen molar-refractivity contribution in [2.45, 2.75) is 82.7 Å². The average Bonchev–Trinajstić information content (AvgIpc) is 3.60. The number of amides is 1. The number of nitrogens with zero attached hydrogens (tertiary/aromatic N) is 3. The maximum absolute atomic E-state index is 14.2. The summed E-state index contributed by atoms with van der Waals surface area (Å²) in [4.78, 5) is 31.0. The van der Waals surface area contributed by atoms with Crippen molar-refractivity contribution in [2.24, 2.45) is 5.92 Å². The molecule has 0 radical (unpaired) electrons. The highest BCUT2D eigenvalue weighted by atomic mass is 16.4. The van der Waals surface area contributed by atoms with Crippen LogP contribution in [0.15, 0.2) is 42.5 Å². The lowest BCUT2D eigenvalue weighted by atomic mass is 9.81. The molecular formula is C34H41N3O3. The molecule has 3 aromatic rings. The minimum absolute atomic E-state index is 0.158. The molecule has 2 aromatic carbocycles. The van der Waals surface area contributed by atoms with E-state index >= 15 is 0 Å². The second-order valence-electron chi connectivity index (χ2n) is 12.6. The van der Waals surface area contributed by atoms with Crippen molar-refractivity contribution < 1.29 is 14.7 Å². The molecule has 210 valence electrons. The zero-order valence-electron chi connectivity index (χ0n) is 23.5. The summed E-state index contributed by atoms with van der Waals surface area (Å²) in [5.74, 6) is -0.334. The monoisotopic (exact) mass is 539 g/mol. The molecule has 0 spiro atoms. The van der Waals surface area contributed by atoms with Gasteiger partial charge in [-0.05, 0) is 87.2 Å². The molecule has 1 aromatic heterocycles. The molecule has 4 aliphatic rings. The number of carboxylic acids is 1. The lowest BCUT2D eigenvalue weighted by molar-refractivity contribution is -0.137. The number of carboxylic acid groups (broad SMARTS) is 1. The van der Waals surface area contributed by atoms with Crippen molar-refractivity contribution in [3.8, 4) is 11.3 Å². The predicted octanol–water partition coefficient (Wildman–Crippen LogP) is 6.31. The Bertz CT molecular complexity index is 1420. The Hall–Kier alpha value is -3.12. The number of carbonyl (C=O) groups is 2. The van der Waals surface area contributed by atoms with Gasteiger partial charge in [-0.2, -0.15) is 0 Å². The Balaban J connectivity index is 1.29. The van der Waals surface area contributed by atoms with Gasteiger partial charge in [-0.25, -0.2) is 4.79 Å². The molecule has 1 saturated carbocycles. The fourth-order valence-electron chi connectivity index (χ4n) is 8.26. The number of benzene rings is 2. The normalized spacial score (nSPS) is 22.7. The first kappa shape index (κ1) is 25.8. The van der Waals surface area contributed by atoms with Crippen molar-refractivity contribution in [1.82, 2.24) is 14.4 Å². The molecular weight excluding hydrogens is 498 g/mol. The summed E-state index contributed by atoms with van der Waals surface area (Å²) in [6.07, 6.45) is 11.6. The Morgan fingerprint density at radius 2 is 1.57 bits per heavy atom. The fraction of sp³-hybridized carbons (Fsp3) is 0.529. The Kier molecular flexibility index (Phi) is 6.91. The molecule has 4 heterocycles. The van der Waals surface area contributed by atoms with E-state index in [1.807, 2.05) is 12.1 Å². The van der Waals surface area contributed by atoms with Crippen LogP contribution < -0.4 is 0 Å². The predicted molar refractivity (Wildman–Crippen MR) is 158 cm³/mol. The molecule has 1 unspecified atom stereocenters. The highest BCUT2D eigenvalue weighted by Crippen LogP contribution is 2.47. The fourth-order valence-corrected chi connectivity index (χ4v) is 8.26. The van der Waals surface area contributed by atoms with E-state index in [-0.39, 0.29) is 11.8 Å². The number of piperidine rings is 1. The van der Waals surface area contributed by atoms with Gasteiger partial charge in [-0.15, -0.1) is 0 Å². The number of carbonyl (C=O) groups excluding carboxylic acids is 1. The first-order valence-electron chi connectivity index (χ1n) is 15.6. The molecule has 0 bridgehead atoms. The lowest BCUT2D eigenvalue weighted by Gasteiger charge is -2.38. The molecule has 40 heavy (non-hydrogen) atoms. The highest BCUT2D eigenvalue weighted by Gasteiger charge is 2.36. The third-order valence-electron chi connectivity index (χ3n) is 10.3. The largest absolute Gasteiger partial charge is 0.478 e. The van der Waals surface area contributed by atoms with Gasteiger partial charge in [0.05, 0.1) is 17.2 Å². The zero-order chi connectivity index (χ0) is 27.2. The number of aromatic nitrogens is 1. The van der Waals surface area contributed by atoms with E-state index in [1.54, 1.807) is 6.07 Å². The second kappa shape index (κ2) is 10.7. The van der Waals surface area contributed by atoms with Crippen molar-refractivity contribution in [3.05, 3.63) is 59.2 Å². The van der Waals surface area contributed by atoms with Gasteiger partial charge in [0, 0.05) is 42.1 Å². The Morgan fingerprint density at radius 1 is 0.825 bits per heavy atom. The van der Waals surface area contributed by atoms with Crippen molar-refractivity contribution in [2.75, 3.05) is 26.2 Å². The van der Waals surface area contributed by atoms with Gasteiger partial charge in [0.2, 0.25) is 5.91 Å². The number of rotatable bonds is 4. The molecule has 1 N–H and O–H groups in total. The minimum Gasteiger partial charge on any atom is -0.478 e. The van der Waals surface area contributed by atoms with Crippen molar-refractivity contribution in [1.29, 1.82) is 0 Å². The zero-order valence-corrected chi connectivity index (χ0v) is 23.5. The van der Waals surface area contributed by atoms with E-state index in [0.29, 0.717) is 24.1 Å². The van der Waals surface area contributed by atoms with E-state index in [1.165, 1.54) is 85.8 Å². The van der Waals surface area contributed by atoms with Crippen LogP contribution in [0, 0.1) is 5.92 Å². The average molecular weight is 540 g/mol. The standard InChI is InChI=1S/C34H41N3O3/c38-33(36-18-14-27(15-19-36)35-16-6-7-17-35)26-20-24-10-4-5-11-28(24)32-31(23-8-2-1-3-9-23)29-13-12-25(34(39)40)21-30(29)37(32)22-26/h4-5,10-13,21,23,26-27H,1-3,6-9,14-20,22H2,(H,39,40). The molecule has 2 saturated heterocycles. The molecule has 6 nitrogen and oxygen atoms in total. The van der Waals surface area contributed by atoms with Crippen LogP contribution in [0.3, 0.4) is 0 Å². The molecule has 1 amide bonds. The van der Waals surface area contributed by atoms with Crippen LogP contribution in [-0.4, -0.2) is 63.6 Å². The maximum Gasteiger partial charge on any atom is 0.335 e. The SMILES string of the molecule is O=C(O)c1ccc2c(C3CCCCC3)c3n(c2c1)CC(C(=O)N1CCC(N2CCCC2)CC1)Cc1ccccc1-3. The van der Waals surface area contributed by atoms with Crippen LogP contribution in [0.4, 0.5) is 0 Å². The van der Waals surface area contributed by atoms with Crippen LogP contribution in [0.1, 0.15) is 85.2 Å². The summed E-state index contributed by atoms with van der Waals surface area (Å²) in [6.45, 7) is 4.70. The van der Waals surface area contributed by atoms with Crippen molar-refractivity contribution >= 4 is 22.8 Å². The maximum atomic E-state index is 14.2. The van der Waals surface area contributed by atoms with Crippen LogP contribution in [0.5, 0.6) is 0 Å². The minimum atomic E-state index is -0.904. The molecule has 7 rings (SSSR count). The van der Waals surface area contributed by atoms with Crippen LogP contribution >= 0.6 is 0 Å². The quantitative estimate of drug-likeness (QED) is 0.422. The molecule has 1 aliphatic carbocycles. The van der Waals surface area contributed by atoms with Gasteiger partial charge in [0.25, 0.3) is 0 Å². The van der Waals surface area contributed by atoms with E-state index in [0.717, 1.165) is 37.9 Å². The number of aromatic carboxylic acids is 1. The van der Waals surface area contributed by atoms with Gasteiger partial charge in [-0.3, -0.25) is 4.79 Å². The van der Waals surface area contributed by atoms with E-state index in [4.69, 9.17) is 0 Å². The van der Waals surface area contributed by atoms with Crippen LogP contribution in [0.25, 0.3) is 22.2 Å². The summed E-state index contributed by atoms with van der Waals surface area (Å²) in [6, 6.07) is 14.9. The second-order valence-corrected chi connectivity index (χ2v) is 12.6. The summed E-state index contributed by atoms with van der Waals surface area (Å²) in [5, 5.41) is 11.0. The lowest BCUT2D eigenvalue weighted by Crippen LogP contribution is -2.48. The first-order valence-corrected chi connectivity index (χ1v) is 15.6. The summed E-state index contributed by atoms with van der Waals surface area (Å²) >= 11 is 0. The van der Waals surface area contributed by atoms with Gasteiger partial charge in [-0.1, -0.05) is 49.6 Å².